The van der Waals surface area contributed by atoms with E-state index >= 15 is 0 Å². The second-order valence-corrected chi connectivity index (χ2v) is 8.35. The van der Waals surface area contributed by atoms with E-state index in [-0.39, 0.29) is 11.8 Å². The molecule has 7 nitrogen and oxygen atoms in total. The number of amides is 1. The molecule has 0 aliphatic carbocycles. The zero-order valence-corrected chi connectivity index (χ0v) is 16.7. The van der Waals surface area contributed by atoms with Crippen LogP contribution in [0, 0.1) is 6.92 Å². The minimum Gasteiger partial charge on any atom is -0.378 e. The highest BCUT2D eigenvalue weighted by Gasteiger charge is 2.31. The van der Waals surface area contributed by atoms with Gasteiger partial charge >= 0.3 is 0 Å². The second-order valence-electron chi connectivity index (χ2n) is 7.43. The quantitative estimate of drug-likeness (QED) is 0.680. The van der Waals surface area contributed by atoms with Crippen LogP contribution in [-0.4, -0.2) is 64.8 Å². The fraction of sp³-hybridized carbons (Fsp3) is 0.450. The molecule has 0 bridgehead atoms. The lowest BCUT2D eigenvalue weighted by Gasteiger charge is -2.28. The topological polar surface area (TPSA) is 63.0 Å². The number of hydrogen-bond donors (Lipinski definition) is 0. The highest BCUT2D eigenvalue weighted by atomic mass is 32.1. The standard InChI is InChI=1S/C20H23N5O2S/c1-14-5-11-28-18(14)20(26)24-6-4-15(12-24)19-21-17-3-2-16(13-25(17)22-19)23-7-9-27-10-8-23/h2-3,5,11,13,15H,4,6-10,12H2,1H3/t15-/m1/s1. The number of rotatable bonds is 3. The fourth-order valence-corrected chi connectivity index (χ4v) is 4.85. The summed E-state index contributed by atoms with van der Waals surface area (Å²) in [5.41, 5.74) is 3.05. The molecule has 3 aromatic rings. The Labute approximate surface area is 167 Å². The number of hydrogen-bond acceptors (Lipinski definition) is 6. The molecule has 5 rings (SSSR count). The molecule has 146 valence electrons. The Kier molecular flexibility index (Phi) is 4.52. The van der Waals surface area contributed by atoms with Gasteiger partial charge < -0.3 is 14.5 Å². The summed E-state index contributed by atoms with van der Waals surface area (Å²) in [4.78, 5) is 22.6. The summed E-state index contributed by atoms with van der Waals surface area (Å²) in [5.74, 6) is 1.15. The van der Waals surface area contributed by atoms with Crippen molar-refractivity contribution in [3.05, 3.63) is 46.0 Å². The zero-order chi connectivity index (χ0) is 19.1. The fourth-order valence-electron chi connectivity index (χ4n) is 3.96. The third-order valence-corrected chi connectivity index (χ3v) is 6.61. The van der Waals surface area contributed by atoms with Crippen LogP contribution in [0.4, 0.5) is 5.69 Å². The van der Waals surface area contributed by atoms with Crippen molar-refractivity contribution in [3.8, 4) is 0 Å². The average molecular weight is 398 g/mol. The lowest BCUT2D eigenvalue weighted by molar-refractivity contribution is 0.0794. The summed E-state index contributed by atoms with van der Waals surface area (Å²) < 4.78 is 7.30. The van der Waals surface area contributed by atoms with Gasteiger partial charge in [-0.1, -0.05) is 0 Å². The van der Waals surface area contributed by atoms with Gasteiger partial charge in [0.1, 0.15) is 0 Å². The molecule has 0 radical (unpaired) electrons. The third kappa shape index (κ3) is 3.16. The average Bonchev–Trinajstić information content (AvgIpc) is 3.46. The van der Waals surface area contributed by atoms with E-state index < -0.39 is 0 Å². The lowest BCUT2D eigenvalue weighted by atomic mass is 10.1. The minimum atomic E-state index is 0.133. The van der Waals surface area contributed by atoms with Crippen molar-refractivity contribution in [1.29, 1.82) is 0 Å². The Morgan fingerprint density at radius 3 is 2.86 bits per heavy atom. The number of thiophene rings is 1. The summed E-state index contributed by atoms with van der Waals surface area (Å²) in [6.07, 6.45) is 2.95. The van der Waals surface area contributed by atoms with Crippen LogP contribution in [0.3, 0.4) is 0 Å². The molecule has 1 amide bonds. The van der Waals surface area contributed by atoms with E-state index in [0.29, 0.717) is 6.54 Å². The highest BCUT2D eigenvalue weighted by Crippen LogP contribution is 2.28. The van der Waals surface area contributed by atoms with Crippen LogP contribution in [0.15, 0.2) is 29.8 Å². The maximum Gasteiger partial charge on any atom is 0.264 e. The predicted octanol–water partition coefficient (Wildman–Crippen LogP) is 2.57. The maximum atomic E-state index is 12.8. The molecule has 0 spiro atoms. The molecule has 8 heteroatoms. The van der Waals surface area contributed by atoms with E-state index in [1.807, 2.05) is 40.0 Å². The van der Waals surface area contributed by atoms with Gasteiger partial charge in [-0.3, -0.25) is 4.79 Å². The molecule has 0 N–H and O–H groups in total. The number of nitrogens with zero attached hydrogens (tertiary/aromatic N) is 5. The van der Waals surface area contributed by atoms with Crippen molar-refractivity contribution in [3.63, 3.8) is 0 Å². The SMILES string of the molecule is Cc1ccsc1C(=O)N1CC[C@@H](c2nc3ccc(N4CCOCC4)cn3n2)C1. The molecule has 28 heavy (non-hydrogen) atoms. The molecule has 3 aromatic heterocycles. The molecule has 2 fully saturated rings. The first-order valence-corrected chi connectivity index (χ1v) is 10.6. The van der Waals surface area contributed by atoms with E-state index in [1.54, 1.807) is 0 Å². The van der Waals surface area contributed by atoms with E-state index in [9.17, 15) is 4.79 Å². The minimum absolute atomic E-state index is 0.133. The van der Waals surface area contributed by atoms with Crippen molar-refractivity contribution in [2.75, 3.05) is 44.3 Å². The van der Waals surface area contributed by atoms with Gasteiger partial charge in [-0.15, -0.1) is 11.3 Å². The van der Waals surface area contributed by atoms with E-state index in [0.717, 1.165) is 66.9 Å². The summed E-state index contributed by atoms with van der Waals surface area (Å²) in [7, 11) is 0. The molecule has 0 saturated carbocycles. The van der Waals surface area contributed by atoms with Crippen LogP contribution in [0.5, 0.6) is 0 Å². The van der Waals surface area contributed by atoms with Crippen molar-refractivity contribution in [1.82, 2.24) is 19.5 Å². The Hall–Kier alpha value is -2.45. The van der Waals surface area contributed by atoms with Gasteiger partial charge in [0.05, 0.1) is 30.0 Å². The first-order valence-electron chi connectivity index (χ1n) is 9.71. The number of aryl methyl sites for hydroxylation is 1. The van der Waals surface area contributed by atoms with Crippen molar-refractivity contribution < 1.29 is 9.53 Å². The number of aromatic nitrogens is 3. The number of ether oxygens (including phenoxy) is 1. The molecule has 2 saturated heterocycles. The molecule has 5 heterocycles. The van der Waals surface area contributed by atoms with Gasteiger partial charge in [0, 0.05) is 32.1 Å². The molecule has 1 atom stereocenters. The van der Waals surface area contributed by atoms with Gasteiger partial charge in [-0.2, -0.15) is 5.10 Å². The summed E-state index contributed by atoms with van der Waals surface area (Å²) in [5, 5.41) is 6.71. The van der Waals surface area contributed by atoms with E-state index in [1.165, 1.54) is 11.3 Å². The van der Waals surface area contributed by atoms with Gasteiger partial charge in [0.25, 0.3) is 5.91 Å². The number of carbonyl (C=O) groups excluding carboxylic acids is 1. The molecule has 0 aromatic carbocycles. The summed E-state index contributed by atoms with van der Waals surface area (Å²) >= 11 is 1.52. The van der Waals surface area contributed by atoms with Crippen LogP contribution < -0.4 is 4.90 Å². The number of anilines is 1. The highest BCUT2D eigenvalue weighted by molar-refractivity contribution is 7.12. The van der Waals surface area contributed by atoms with Crippen molar-refractivity contribution >= 4 is 28.6 Å². The van der Waals surface area contributed by atoms with Gasteiger partial charge in [0.15, 0.2) is 11.5 Å². The number of carbonyl (C=O) groups is 1. The molecule has 2 aliphatic rings. The normalized spacial score (nSPS) is 20.2. The number of likely N-dealkylation sites (tertiary alicyclic amines) is 1. The third-order valence-electron chi connectivity index (χ3n) is 5.60. The van der Waals surface area contributed by atoms with Gasteiger partial charge in [-0.05, 0) is 42.5 Å². The van der Waals surface area contributed by atoms with Crippen LogP contribution in [0.25, 0.3) is 5.65 Å². The van der Waals surface area contributed by atoms with Gasteiger partial charge in [-0.25, -0.2) is 9.50 Å². The predicted molar refractivity (Wildman–Crippen MR) is 108 cm³/mol. The molecule has 0 unspecified atom stereocenters. The van der Waals surface area contributed by atoms with E-state index in [4.69, 9.17) is 14.8 Å². The first kappa shape index (κ1) is 17.6. The zero-order valence-electron chi connectivity index (χ0n) is 15.9. The number of morpholine rings is 1. The second kappa shape index (κ2) is 7.18. The Morgan fingerprint density at radius 1 is 1.21 bits per heavy atom. The molecular formula is C20H23N5O2S. The summed E-state index contributed by atoms with van der Waals surface area (Å²) in [6, 6.07) is 6.12. The van der Waals surface area contributed by atoms with Crippen LogP contribution in [-0.2, 0) is 4.74 Å². The summed E-state index contributed by atoms with van der Waals surface area (Å²) in [6.45, 7) is 6.75. The Morgan fingerprint density at radius 2 is 2.07 bits per heavy atom. The van der Waals surface area contributed by atoms with Crippen LogP contribution in [0.2, 0.25) is 0 Å². The van der Waals surface area contributed by atoms with E-state index in [2.05, 4.69) is 11.0 Å². The lowest BCUT2D eigenvalue weighted by Crippen LogP contribution is -2.36. The van der Waals surface area contributed by atoms with Crippen LogP contribution in [0.1, 0.15) is 33.4 Å². The first-order chi connectivity index (χ1) is 13.7. The number of fused-ring (bicyclic) bond motifs is 1. The maximum absolute atomic E-state index is 12.8. The van der Waals surface area contributed by atoms with Crippen molar-refractivity contribution in [2.24, 2.45) is 0 Å². The monoisotopic (exact) mass is 397 g/mol. The van der Waals surface area contributed by atoms with Gasteiger partial charge in [0.2, 0.25) is 0 Å². The Balaban J connectivity index is 1.33. The smallest absolute Gasteiger partial charge is 0.264 e. The van der Waals surface area contributed by atoms with Crippen molar-refractivity contribution in [2.45, 2.75) is 19.3 Å². The molecular weight excluding hydrogens is 374 g/mol. The number of pyridine rings is 1. The Bertz CT molecular complexity index is 1010. The van der Waals surface area contributed by atoms with Crippen LogP contribution >= 0.6 is 11.3 Å². The molecule has 2 aliphatic heterocycles. The largest absolute Gasteiger partial charge is 0.378 e.